The third-order valence-corrected chi connectivity index (χ3v) is 7.28. The van der Waals surface area contributed by atoms with Gasteiger partial charge in [0.25, 0.3) is 0 Å². The molecule has 0 spiro atoms. The van der Waals surface area contributed by atoms with E-state index >= 15 is 0 Å². The molecule has 3 N–H and O–H groups in total. The van der Waals surface area contributed by atoms with Gasteiger partial charge in [0.2, 0.25) is 0 Å². The molecule has 5 atom stereocenters. The van der Waals surface area contributed by atoms with Crippen LogP contribution in [0.15, 0.2) is 42.0 Å². The topological polar surface area (TPSA) is 77.8 Å². The number of fused-ring (bicyclic) bond motifs is 1. The van der Waals surface area contributed by atoms with Crippen molar-refractivity contribution in [2.75, 3.05) is 0 Å². The van der Waals surface area contributed by atoms with Crippen molar-refractivity contribution in [3.05, 3.63) is 53.1 Å². The van der Waals surface area contributed by atoms with Crippen LogP contribution in [0.4, 0.5) is 0 Å². The molecule has 156 valence electrons. The third kappa shape index (κ3) is 4.65. The predicted octanol–water partition coefficient (Wildman–Crippen LogP) is 4.67. The second kappa shape index (κ2) is 8.85. The van der Waals surface area contributed by atoms with Gasteiger partial charge in [-0.15, -0.1) is 0 Å². The summed E-state index contributed by atoms with van der Waals surface area (Å²) in [5, 5.41) is 30.3. The van der Waals surface area contributed by atoms with Crippen LogP contribution in [-0.4, -0.2) is 33.5 Å². The Hall–Kier alpha value is -1.91. The van der Waals surface area contributed by atoms with E-state index in [9.17, 15) is 20.1 Å². The Kier molecular flexibility index (Phi) is 6.21. The van der Waals surface area contributed by atoms with Crippen molar-refractivity contribution < 1.29 is 20.1 Å². The summed E-state index contributed by atoms with van der Waals surface area (Å²) >= 11 is 0. The predicted molar refractivity (Wildman–Crippen MR) is 113 cm³/mol. The van der Waals surface area contributed by atoms with Crippen molar-refractivity contribution in [3.63, 3.8) is 0 Å². The van der Waals surface area contributed by atoms with Crippen LogP contribution in [0, 0.1) is 23.7 Å². The molecule has 4 heteroatoms. The number of aliphatic hydroxyl groups excluding tert-OH is 2. The summed E-state index contributed by atoms with van der Waals surface area (Å²) in [6, 6.07) is 7.06. The molecular weight excluding hydrogens is 364 g/mol. The van der Waals surface area contributed by atoms with Crippen molar-refractivity contribution in [1.29, 1.82) is 0 Å². The highest BCUT2D eigenvalue weighted by atomic mass is 16.4. The largest absolute Gasteiger partial charge is 0.478 e. The maximum Gasteiger partial charge on any atom is 0.335 e. The van der Waals surface area contributed by atoms with E-state index in [-0.39, 0.29) is 12.0 Å². The van der Waals surface area contributed by atoms with E-state index in [0.29, 0.717) is 23.3 Å². The minimum atomic E-state index is -0.904. The van der Waals surface area contributed by atoms with Gasteiger partial charge in [0.1, 0.15) is 0 Å². The summed E-state index contributed by atoms with van der Waals surface area (Å²) in [6.07, 6.45) is 14.1. The number of rotatable bonds is 5. The van der Waals surface area contributed by atoms with E-state index in [1.807, 2.05) is 12.1 Å². The second-order valence-electron chi connectivity index (χ2n) is 9.22. The smallest absolute Gasteiger partial charge is 0.335 e. The fourth-order valence-corrected chi connectivity index (χ4v) is 5.76. The van der Waals surface area contributed by atoms with Crippen LogP contribution in [-0.2, 0) is 0 Å². The number of hydrogen-bond donors (Lipinski definition) is 3. The van der Waals surface area contributed by atoms with Gasteiger partial charge >= 0.3 is 5.97 Å². The molecule has 4 nitrogen and oxygen atoms in total. The zero-order valence-electron chi connectivity index (χ0n) is 16.9. The number of allylic oxidation sites excluding steroid dienone is 1. The van der Waals surface area contributed by atoms with Crippen LogP contribution in [0.5, 0.6) is 0 Å². The lowest BCUT2D eigenvalue weighted by Crippen LogP contribution is -2.22. The van der Waals surface area contributed by atoms with Gasteiger partial charge < -0.3 is 15.3 Å². The maximum absolute atomic E-state index is 11.2. The van der Waals surface area contributed by atoms with E-state index in [2.05, 4.69) is 12.2 Å². The Bertz CT molecular complexity index is 790. The molecular formula is C25H32O4. The third-order valence-electron chi connectivity index (χ3n) is 7.28. The summed E-state index contributed by atoms with van der Waals surface area (Å²) in [7, 11) is 0. The first-order valence-electron chi connectivity index (χ1n) is 11.1. The fourth-order valence-electron chi connectivity index (χ4n) is 5.76. The maximum atomic E-state index is 11.2. The van der Waals surface area contributed by atoms with E-state index in [1.165, 1.54) is 24.8 Å². The first-order chi connectivity index (χ1) is 14.0. The number of carboxylic acid groups (broad SMARTS) is 1. The first-order valence-corrected chi connectivity index (χ1v) is 11.1. The highest BCUT2D eigenvalue weighted by Crippen LogP contribution is 2.50. The molecule has 3 aliphatic rings. The molecule has 0 amide bonds. The van der Waals surface area contributed by atoms with Gasteiger partial charge in [-0.25, -0.2) is 4.79 Å². The highest BCUT2D eigenvalue weighted by molar-refractivity contribution is 5.88. The lowest BCUT2D eigenvalue weighted by Gasteiger charge is -2.25. The first kappa shape index (κ1) is 20.4. The van der Waals surface area contributed by atoms with Gasteiger partial charge in [0, 0.05) is 5.92 Å². The van der Waals surface area contributed by atoms with Crippen LogP contribution in [0.3, 0.4) is 0 Å². The van der Waals surface area contributed by atoms with Gasteiger partial charge in [-0.1, -0.05) is 55.2 Å². The van der Waals surface area contributed by atoms with Gasteiger partial charge in [-0.05, 0) is 67.6 Å². The molecule has 4 rings (SSSR count). The van der Waals surface area contributed by atoms with E-state index < -0.39 is 12.1 Å². The molecule has 0 bridgehead atoms. The summed E-state index contributed by atoms with van der Waals surface area (Å²) in [5.41, 5.74) is 2.58. The molecule has 3 fully saturated rings. The Morgan fingerprint density at radius 1 is 1.14 bits per heavy atom. The lowest BCUT2D eigenvalue weighted by atomic mass is 9.84. The van der Waals surface area contributed by atoms with Crippen LogP contribution in [0.2, 0.25) is 0 Å². The van der Waals surface area contributed by atoms with Gasteiger partial charge in [-0.2, -0.15) is 0 Å². The van der Waals surface area contributed by atoms with Crippen molar-refractivity contribution in [2.45, 2.75) is 63.6 Å². The minimum absolute atomic E-state index is 0.106. The molecule has 29 heavy (non-hydrogen) atoms. The summed E-state index contributed by atoms with van der Waals surface area (Å²) in [6.45, 7) is 0. The standard InChI is InChI=1S/C25H32O4/c26-23(18-6-2-1-3-7-18)10-9-21-22-14-17(13-20(22)15-24(21)27)11-16-5-4-8-19(12-16)25(28)29/h4-5,8-12,18,20-24,26-27H,1-3,6-7,13-15H2,(H,28,29)/b10-9+,17-11+/t20-,21+,22-,23-,24+/m1/s1. The zero-order chi connectivity index (χ0) is 20.4. The molecule has 0 saturated heterocycles. The normalized spacial score (nSPS) is 32.7. The number of carbonyl (C=O) groups is 1. The molecule has 3 saturated carbocycles. The monoisotopic (exact) mass is 396 g/mol. The Balaban J connectivity index is 1.43. The SMILES string of the molecule is O=C(O)c1cccc(/C=C2\C[C@@H]3C[C@H](O)[C@@H](/C=C/[C@@H](O)C4CCCCC4)[C@@H]3C2)c1. The molecule has 1 aromatic rings. The van der Waals surface area contributed by atoms with Crippen LogP contribution in [0.1, 0.15) is 67.3 Å². The number of aliphatic hydroxyl groups is 2. The molecule has 0 aliphatic heterocycles. The number of benzene rings is 1. The summed E-state index contributed by atoms with van der Waals surface area (Å²) in [4.78, 5) is 11.2. The summed E-state index contributed by atoms with van der Waals surface area (Å²) in [5.74, 6) is 0.455. The lowest BCUT2D eigenvalue weighted by molar-refractivity contribution is 0.0696. The van der Waals surface area contributed by atoms with Crippen molar-refractivity contribution in [3.8, 4) is 0 Å². The molecule has 3 aliphatic carbocycles. The van der Waals surface area contributed by atoms with E-state index in [1.54, 1.807) is 18.2 Å². The Labute approximate surface area is 173 Å². The molecule has 0 aromatic heterocycles. The number of hydrogen-bond acceptors (Lipinski definition) is 3. The fraction of sp³-hybridized carbons (Fsp3) is 0.560. The van der Waals surface area contributed by atoms with Crippen molar-refractivity contribution in [2.24, 2.45) is 23.7 Å². The zero-order valence-corrected chi connectivity index (χ0v) is 16.9. The van der Waals surface area contributed by atoms with Crippen LogP contribution < -0.4 is 0 Å². The van der Waals surface area contributed by atoms with Gasteiger partial charge in [0.15, 0.2) is 0 Å². The Morgan fingerprint density at radius 2 is 1.93 bits per heavy atom. The average molecular weight is 397 g/mol. The number of aromatic carboxylic acids is 1. The van der Waals surface area contributed by atoms with Crippen LogP contribution in [0.25, 0.3) is 6.08 Å². The van der Waals surface area contributed by atoms with Gasteiger partial charge in [-0.3, -0.25) is 0 Å². The summed E-state index contributed by atoms with van der Waals surface area (Å²) < 4.78 is 0. The molecule has 0 radical (unpaired) electrons. The average Bonchev–Trinajstić information content (AvgIpc) is 3.23. The molecule has 0 unspecified atom stereocenters. The second-order valence-corrected chi connectivity index (χ2v) is 9.22. The van der Waals surface area contributed by atoms with E-state index in [0.717, 1.165) is 37.7 Å². The number of carboxylic acids is 1. The van der Waals surface area contributed by atoms with Crippen molar-refractivity contribution >= 4 is 12.0 Å². The minimum Gasteiger partial charge on any atom is -0.478 e. The molecule has 1 aromatic carbocycles. The van der Waals surface area contributed by atoms with Crippen molar-refractivity contribution in [1.82, 2.24) is 0 Å². The Morgan fingerprint density at radius 3 is 2.69 bits per heavy atom. The highest BCUT2D eigenvalue weighted by Gasteiger charge is 2.45. The quantitative estimate of drug-likeness (QED) is 0.632. The molecule has 0 heterocycles. The van der Waals surface area contributed by atoms with Crippen LogP contribution >= 0.6 is 0 Å². The van der Waals surface area contributed by atoms with E-state index in [4.69, 9.17) is 0 Å². The van der Waals surface area contributed by atoms with Gasteiger partial charge in [0.05, 0.1) is 17.8 Å².